The molecular weight excluding hydrogens is 570 g/mol. The predicted octanol–water partition coefficient (Wildman–Crippen LogP) is 0.561. The summed E-state index contributed by atoms with van der Waals surface area (Å²) >= 11 is 0. The van der Waals surface area contributed by atoms with Crippen LogP contribution in [0.2, 0.25) is 0 Å². The zero-order valence-corrected chi connectivity index (χ0v) is 25.0. The number of carbonyl (C=O) groups is 6. The van der Waals surface area contributed by atoms with Gasteiger partial charge in [0.2, 0.25) is 11.8 Å². The van der Waals surface area contributed by atoms with Crippen LogP contribution in [0.1, 0.15) is 51.2 Å². The number of carbonyl (C=O) groups excluding carboxylic acids is 6. The number of nitrogens with zero attached hydrogens (tertiary/aromatic N) is 1. The van der Waals surface area contributed by atoms with E-state index in [9.17, 15) is 33.9 Å². The molecule has 0 saturated carbocycles. The summed E-state index contributed by atoms with van der Waals surface area (Å²) in [5, 5.41) is 16.4. The number of quaternary nitrogens is 1. The van der Waals surface area contributed by atoms with E-state index >= 15 is 0 Å². The Bertz CT molecular complexity index is 1380. The van der Waals surface area contributed by atoms with E-state index in [1.54, 1.807) is 81.4 Å². The maximum atomic E-state index is 14.2. The van der Waals surface area contributed by atoms with Gasteiger partial charge in [0, 0.05) is 6.42 Å². The number of nitrogens with one attached hydrogen (secondary N) is 2. The summed E-state index contributed by atoms with van der Waals surface area (Å²) in [4.78, 5) is 77.9. The van der Waals surface area contributed by atoms with Gasteiger partial charge in [-0.15, -0.1) is 0 Å². The molecule has 1 aliphatic heterocycles. The highest BCUT2D eigenvalue weighted by molar-refractivity contribution is 5.96. The lowest BCUT2D eigenvalue weighted by atomic mass is 9.93. The van der Waals surface area contributed by atoms with Crippen LogP contribution in [-0.4, -0.2) is 75.0 Å². The van der Waals surface area contributed by atoms with Crippen molar-refractivity contribution in [2.45, 2.75) is 82.8 Å². The summed E-state index contributed by atoms with van der Waals surface area (Å²) in [6.07, 6.45) is -3.78. The number of imide groups is 1. The molecule has 44 heavy (non-hydrogen) atoms. The minimum absolute atomic E-state index is 0.0231. The van der Waals surface area contributed by atoms with Crippen molar-refractivity contribution in [3.05, 3.63) is 71.8 Å². The normalized spacial score (nSPS) is 20.2. The number of aliphatic hydroxyl groups is 1. The minimum Gasteiger partial charge on any atom is -0.445 e. The fourth-order valence-electron chi connectivity index (χ4n) is 5.68. The van der Waals surface area contributed by atoms with Crippen LogP contribution in [-0.2, 0) is 41.7 Å². The zero-order valence-electron chi connectivity index (χ0n) is 25.0. The maximum absolute atomic E-state index is 14.2. The summed E-state index contributed by atoms with van der Waals surface area (Å²) in [7, 11) is 0. The van der Waals surface area contributed by atoms with Gasteiger partial charge in [0.05, 0.1) is 18.9 Å². The summed E-state index contributed by atoms with van der Waals surface area (Å²) in [6, 6.07) is 13.3. The zero-order chi connectivity index (χ0) is 32.7. The van der Waals surface area contributed by atoms with Crippen LogP contribution in [0.5, 0.6) is 0 Å². The lowest BCUT2D eigenvalue weighted by molar-refractivity contribution is -0.838. The largest absolute Gasteiger partial charge is 0.445 e. The van der Waals surface area contributed by atoms with Gasteiger partial charge in [0.25, 0.3) is 5.91 Å². The summed E-state index contributed by atoms with van der Waals surface area (Å²) < 4.78 is 4.14. The van der Waals surface area contributed by atoms with E-state index < -0.39 is 76.3 Å². The molecule has 5 atom stereocenters. The number of rotatable bonds is 12. The van der Waals surface area contributed by atoms with Crippen LogP contribution in [0, 0.1) is 0 Å². The number of amides is 6. The van der Waals surface area contributed by atoms with Gasteiger partial charge in [-0.25, -0.2) is 14.4 Å². The molecule has 2 aromatic carbocycles. The molecule has 1 aliphatic rings. The molecule has 13 nitrogen and oxygen atoms in total. The fraction of sp³-hybridized carbons (Fsp3) is 0.419. The van der Waals surface area contributed by atoms with Crippen LogP contribution in [0.3, 0.4) is 0 Å². The van der Waals surface area contributed by atoms with Crippen LogP contribution in [0.4, 0.5) is 4.79 Å². The molecule has 0 aliphatic carbocycles. The molecule has 6 amide bonds. The molecule has 0 radical (unpaired) electrons. The van der Waals surface area contributed by atoms with Gasteiger partial charge in [0.15, 0.2) is 12.1 Å². The van der Waals surface area contributed by atoms with E-state index in [4.69, 9.17) is 16.2 Å². The maximum Gasteiger partial charge on any atom is 0.408 e. The molecule has 0 spiro atoms. The molecule has 7 N–H and O–H groups in total. The van der Waals surface area contributed by atoms with Gasteiger partial charge >= 0.3 is 17.9 Å². The molecule has 3 rings (SSSR count). The Labute approximate surface area is 255 Å². The van der Waals surface area contributed by atoms with E-state index in [0.717, 1.165) is 0 Å². The molecule has 13 heteroatoms. The Morgan fingerprint density at radius 1 is 0.955 bits per heavy atom. The number of ether oxygens (including phenoxy) is 1. The van der Waals surface area contributed by atoms with Gasteiger partial charge < -0.3 is 31.9 Å². The summed E-state index contributed by atoms with van der Waals surface area (Å²) in [5.41, 5.74) is 11.1. The number of likely N-dealkylation sites (tertiary alicyclic amines) is 1. The lowest BCUT2D eigenvalue weighted by Gasteiger charge is -2.45. The average Bonchev–Trinajstić information content (AvgIpc) is 3.33. The molecule has 0 aromatic heterocycles. The number of benzene rings is 2. The molecule has 236 valence electrons. The first-order valence-electron chi connectivity index (χ1n) is 14.2. The standard InChI is InChI=1S/C31H39N5O8/c1-31(2,3)36(23(27(33)40)14-15-25(36)38)29(42)26(39)21(16-19-10-6-4-7-11-19)34-28(41)22(17-24(32)37)35-30(43)44-18-20-12-8-5-9-13-20/h4-13,21-23,26,39H,14-18H2,1-3H3,(H5-,32,33,34,35,37,40,41,43)/p+1/t21-,22-,23-,26-,36?/m0/s1. The molecule has 2 aromatic rings. The van der Waals surface area contributed by atoms with E-state index in [1.807, 2.05) is 0 Å². The van der Waals surface area contributed by atoms with Crippen molar-refractivity contribution in [3.63, 3.8) is 0 Å². The van der Waals surface area contributed by atoms with Crippen molar-refractivity contribution < 1.29 is 43.1 Å². The number of hydrogen-bond acceptors (Lipinski definition) is 8. The molecular formula is C31H40N5O8+. The number of hydrogen-bond donors (Lipinski definition) is 5. The first-order chi connectivity index (χ1) is 20.7. The van der Waals surface area contributed by atoms with Crippen molar-refractivity contribution in [1.82, 2.24) is 10.6 Å². The fourth-order valence-corrected chi connectivity index (χ4v) is 5.68. The van der Waals surface area contributed by atoms with Gasteiger partial charge in [0.1, 0.15) is 18.2 Å². The highest BCUT2D eigenvalue weighted by Gasteiger charge is 2.65. The number of alkyl carbamates (subject to hydrolysis) is 1. The molecule has 1 unspecified atom stereocenters. The van der Waals surface area contributed by atoms with Crippen LogP contribution in [0.25, 0.3) is 0 Å². The van der Waals surface area contributed by atoms with Crippen molar-refractivity contribution in [1.29, 1.82) is 0 Å². The lowest BCUT2D eigenvalue weighted by Crippen LogP contribution is -2.74. The van der Waals surface area contributed by atoms with E-state index in [1.165, 1.54) is 0 Å². The predicted molar refractivity (Wildman–Crippen MR) is 158 cm³/mol. The Balaban J connectivity index is 1.91. The highest BCUT2D eigenvalue weighted by Crippen LogP contribution is 2.39. The Hall–Kier alpha value is -4.62. The third kappa shape index (κ3) is 7.66. The molecule has 1 fully saturated rings. The van der Waals surface area contributed by atoms with Crippen molar-refractivity contribution in [2.75, 3.05) is 0 Å². The molecule has 1 heterocycles. The van der Waals surface area contributed by atoms with Crippen LogP contribution < -0.4 is 22.1 Å². The Kier molecular flexibility index (Phi) is 11.0. The second-order valence-electron chi connectivity index (χ2n) is 11.8. The van der Waals surface area contributed by atoms with Gasteiger partial charge in [-0.3, -0.25) is 14.4 Å². The van der Waals surface area contributed by atoms with Crippen molar-refractivity contribution in [2.24, 2.45) is 11.5 Å². The third-order valence-corrected chi connectivity index (χ3v) is 7.71. The Morgan fingerprint density at radius 3 is 2.05 bits per heavy atom. The minimum atomic E-state index is -2.00. The second kappa shape index (κ2) is 14.2. The highest BCUT2D eigenvalue weighted by atomic mass is 16.5. The van der Waals surface area contributed by atoms with Gasteiger partial charge in [-0.05, 0) is 38.3 Å². The average molecular weight is 611 g/mol. The smallest absolute Gasteiger partial charge is 0.408 e. The van der Waals surface area contributed by atoms with Crippen molar-refractivity contribution >= 4 is 35.6 Å². The van der Waals surface area contributed by atoms with Gasteiger partial charge in [-0.2, -0.15) is 4.48 Å². The number of aliphatic hydroxyl groups excluding tert-OH is 1. The third-order valence-electron chi connectivity index (χ3n) is 7.71. The van der Waals surface area contributed by atoms with Gasteiger partial charge in [-0.1, -0.05) is 60.7 Å². The quantitative estimate of drug-likeness (QED) is 0.214. The summed E-state index contributed by atoms with van der Waals surface area (Å²) in [5.74, 6) is -4.30. The Morgan fingerprint density at radius 2 is 1.52 bits per heavy atom. The van der Waals surface area contributed by atoms with Crippen LogP contribution >= 0.6 is 0 Å². The number of primary amides is 2. The van der Waals surface area contributed by atoms with Crippen molar-refractivity contribution in [3.8, 4) is 0 Å². The van der Waals surface area contributed by atoms with E-state index in [-0.39, 0.29) is 25.9 Å². The topological polar surface area (TPSA) is 208 Å². The number of nitrogens with two attached hydrogens (primary N) is 2. The first kappa shape index (κ1) is 33.9. The summed E-state index contributed by atoms with van der Waals surface area (Å²) in [6.45, 7) is 4.67. The molecule has 1 saturated heterocycles. The van der Waals surface area contributed by atoms with E-state index in [2.05, 4.69) is 10.6 Å². The second-order valence-corrected chi connectivity index (χ2v) is 11.8. The first-order valence-corrected chi connectivity index (χ1v) is 14.2. The SMILES string of the molecule is CC(C)(C)[N+]1(C(=O)[C@@H](O)[C@H](Cc2ccccc2)NC(=O)[C@H](CC(N)=O)NC(=O)OCc2ccccc2)C(=O)CC[C@H]1C(N)=O. The van der Waals surface area contributed by atoms with E-state index in [0.29, 0.717) is 11.1 Å². The monoisotopic (exact) mass is 610 g/mol. The molecule has 0 bridgehead atoms. The van der Waals surface area contributed by atoms with Crippen LogP contribution in [0.15, 0.2) is 60.7 Å².